The van der Waals surface area contributed by atoms with Crippen molar-refractivity contribution in [1.82, 2.24) is 19.5 Å². The summed E-state index contributed by atoms with van der Waals surface area (Å²) >= 11 is 1.31. The Balaban J connectivity index is 1.48. The molecule has 0 aliphatic rings. The van der Waals surface area contributed by atoms with E-state index in [4.69, 9.17) is 0 Å². The largest absolute Gasteiger partial charge is 0.311 e. The molecule has 0 saturated heterocycles. The average molecular weight is 403 g/mol. The van der Waals surface area contributed by atoms with Crippen LogP contribution in [0.2, 0.25) is 0 Å². The molecular weight excluding hydrogens is 386 g/mol. The number of thiazole rings is 1. The van der Waals surface area contributed by atoms with E-state index < -0.39 is 0 Å². The molecule has 4 heterocycles. The van der Waals surface area contributed by atoms with Crippen LogP contribution in [-0.4, -0.2) is 25.4 Å². The zero-order chi connectivity index (χ0) is 20.2. The monoisotopic (exact) mass is 403 g/mol. The van der Waals surface area contributed by atoms with Crippen LogP contribution in [0.15, 0.2) is 71.2 Å². The molecule has 0 aliphatic heterocycles. The van der Waals surface area contributed by atoms with Crippen LogP contribution in [0.25, 0.3) is 11.4 Å². The molecule has 4 aromatic heterocycles. The van der Waals surface area contributed by atoms with Crippen molar-refractivity contribution in [3.8, 4) is 11.4 Å². The predicted molar refractivity (Wildman–Crippen MR) is 112 cm³/mol. The Morgan fingerprint density at radius 2 is 1.93 bits per heavy atom. The van der Waals surface area contributed by atoms with Crippen LogP contribution in [0.1, 0.15) is 21.6 Å². The van der Waals surface area contributed by atoms with E-state index in [0.717, 1.165) is 17.0 Å². The summed E-state index contributed by atoms with van der Waals surface area (Å²) in [6, 6.07) is 12.3. The molecule has 144 valence electrons. The van der Waals surface area contributed by atoms with Crippen LogP contribution in [0, 0.1) is 6.92 Å². The number of hydrogen-bond donors (Lipinski definition) is 1. The summed E-state index contributed by atoms with van der Waals surface area (Å²) in [5, 5.41) is 5.03. The van der Waals surface area contributed by atoms with Crippen molar-refractivity contribution in [1.29, 1.82) is 0 Å². The van der Waals surface area contributed by atoms with Gasteiger partial charge in [-0.25, -0.2) is 4.98 Å². The Labute approximate surface area is 170 Å². The lowest BCUT2D eigenvalue weighted by Crippen LogP contribution is -2.22. The van der Waals surface area contributed by atoms with E-state index in [2.05, 4.69) is 20.3 Å². The first-order valence-corrected chi connectivity index (χ1v) is 9.77. The fourth-order valence-electron chi connectivity index (χ4n) is 2.77. The maximum Gasteiger partial charge on any atom is 0.257 e. The summed E-state index contributed by atoms with van der Waals surface area (Å²) in [5.74, 6) is -0.378. The maximum atomic E-state index is 12.5. The van der Waals surface area contributed by atoms with Gasteiger partial charge in [0.05, 0.1) is 12.2 Å². The van der Waals surface area contributed by atoms with Crippen molar-refractivity contribution in [2.45, 2.75) is 13.5 Å². The number of nitrogens with zero attached hydrogens (tertiary/aromatic N) is 4. The van der Waals surface area contributed by atoms with E-state index >= 15 is 0 Å². The van der Waals surface area contributed by atoms with E-state index in [1.165, 1.54) is 22.0 Å². The number of nitrogens with one attached hydrogen (secondary N) is 1. The predicted octanol–water partition coefficient (Wildman–Crippen LogP) is 3.37. The SMILES string of the molecule is Cc1cccc(-c2csc(NC(=O)c3ccn(Cc4ccncc4)c(=O)c3)n2)n1. The van der Waals surface area contributed by atoms with E-state index in [-0.39, 0.29) is 17.0 Å². The number of aromatic nitrogens is 4. The van der Waals surface area contributed by atoms with Gasteiger partial charge in [0.25, 0.3) is 11.5 Å². The molecule has 4 aromatic rings. The van der Waals surface area contributed by atoms with Gasteiger partial charge in [-0.05, 0) is 42.8 Å². The number of aryl methyl sites for hydroxylation is 1. The highest BCUT2D eigenvalue weighted by Gasteiger charge is 2.12. The first-order chi connectivity index (χ1) is 14.1. The fourth-order valence-corrected chi connectivity index (χ4v) is 3.47. The maximum absolute atomic E-state index is 12.5. The molecule has 29 heavy (non-hydrogen) atoms. The van der Waals surface area contributed by atoms with Crippen LogP contribution in [0.4, 0.5) is 5.13 Å². The topological polar surface area (TPSA) is 89.8 Å². The van der Waals surface area contributed by atoms with Crippen molar-refractivity contribution in [2.75, 3.05) is 5.32 Å². The Bertz CT molecular complexity index is 1220. The second kappa shape index (κ2) is 8.15. The zero-order valence-electron chi connectivity index (χ0n) is 15.6. The molecule has 0 aliphatic carbocycles. The number of anilines is 1. The number of pyridine rings is 3. The van der Waals surface area contributed by atoms with Gasteiger partial charge in [0.2, 0.25) is 0 Å². The summed E-state index contributed by atoms with van der Waals surface area (Å²) in [6.07, 6.45) is 4.97. The van der Waals surface area contributed by atoms with Crippen LogP contribution < -0.4 is 10.9 Å². The van der Waals surface area contributed by atoms with Gasteiger partial charge < -0.3 is 4.57 Å². The highest BCUT2D eigenvalue weighted by atomic mass is 32.1. The van der Waals surface area contributed by atoms with Gasteiger partial charge in [-0.15, -0.1) is 11.3 Å². The molecule has 1 amide bonds. The van der Waals surface area contributed by atoms with Gasteiger partial charge in [0, 0.05) is 41.3 Å². The van der Waals surface area contributed by atoms with Crippen LogP contribution in [-0.2, 0) is 6.54 Å². The number of carbonyl (C=O) groups is 1. The summed E-state index contributed by atoms with van der Waals surface area (Å²) in [5.41, 5.74) is 3.33. The number of hydrogen-bond acceptors (Lipinski definition) is 6. The van der Waals surface area contributed by atoms with E-state index in [9.17, 15) is 9.59 Å². The Morgan fingerprint density at radius 3 is 2.69 bits per heavy atom. The Morgan fingerprint density at radius 1 is 1.10 bits per heavy atom. The standard InChI is InChI=1S/C21H17N5O2S/c1-14-3-2-4-17(23-14)18-13-29-21(24-18)25-20(28)16-7-10-26(19(27)11-16)12-15-5-8-22-9-6-15/h2-11,13H,12H2,1H3,(H,24,25,28). The molecule has 0 radical (unpaired) electrons. The van der Waals surface area contributed by atoms with Crippen LogP contribution in [0.5, 0.6) is 0 Å². The molecule has 0 spiro atoms. The third kappa shape index (κ3) is 4.44. The molecule has 0 fully saturated rings. The number of rotatable bonds is 5. The molecule has 0 saturated carbocycles. The van der Waals surface area contributed by atoms with Crippen molar-refractivity contribution < 1.29 is 4.79 Å². The second-order valence-electron chi connectivity index (χ2n) is 6.39. The van der Waals surface area contributed by atoms with Crippen LogP contribution in [0.3, 0.4) is 0 Å². The van der Waals surface area contributed by atoms with Gasteiger partial charge >= 0.3 is 0 Å². The zero-order valence-corrected chi connectivity index (χ0v) is 16.4. The van der Waals surface area contributed by atoms with Gasteiger partial charge in [0.1, 0.15) is 5.69 Å². The number of carbonyl (C=O) groups excluding carboxylic acids is 1. The highest BCUT2D eigenvalue weighted by molar-refractivity contribution is 7.14. The normalized spacial score (nSPS) is 10.7. The minimum Gasteiger partial charge on any atom is -0.311 e. The average Bonchev–Trinajstić information content (AvgIpc) is 3.19. The minimum absolute atomic E-state index is 0.252. The summed E-state index contributed by atoms with van der Waals surface area (Å²) in [4.78, 5) is 37.7. The summed E-state index contributed by atoms with van der Waals surface area (Å²) in [6.45, 7) is 2.33. The lowest BCUT2D eigenvalue weighted by atomic mass is 10.2. The Hall–Kier alpha value is -3.65. The lowest BCUT2D eigenvalue weighted by molar-refractivity contribution is 0.102. The van der Waals surface area contributed by atoms with Crippen molar-refractivity contribution in [3.05, 3.63) is 93.6 Å². The molecule has 7 nitrogen and oxygen atoms in total. The molecule has 0 aromatic carbocycles. The smallest absolute Gasteiger partial charge is 0.257 e. The van der Waals surface area contributed by atoms with E-state index in [0.29, 0.717) is 17.4 Å². The molecule has 0 bridgehead atoms. The van der Waals surface area contributed by atoms with Crippen LogP contribution >= 0.6 is 11.3 Å². The lowest BCUT2D eigenvalue weighted by Gasteiger charge is -2.07. The third-order valence-corrected chi connectivity index (χ3v) is 4.99. The molecule has 1 N–H and O–H groups in total. The molecule has 0 atom stereocenters. The summed E-state index contributed by atoms with van der Waals surface area (Å²) in [7, 11) is 0. The van der Waals surface area contributed by atoms with Crippen molar-refractivity contribution >= 4 is 22.4 Å². The number of amides is 1. The second-order valence-corrected chi connectivity index (χ2v) is 7.25. The van der Waals surface area contributed by atoms with Gasteiger partial charge in [0.15, 0.2) is 5.13 Å². The van der Waals surface area contributed by atoms with Gasteiger partial charge in [-0.3, -0.25) is 24.9 Å². The Kier molecular flexibility index (Phi) is 5.26. The van der Waals surface area contributed by atoms with Crippen molar-refractivity contribution in [3.63, 3.8) is 0 Å². The molecule has 0 unspecified atom stereocenters. The first kappa shape index (κ1) is 18.7. The van der Waals surface area contributed by atoms with Gasteiger partial charge in [-0.1, -0.05) is 6.07 Å². The highest BCUT2D eigenvalue weighted by Crippen LogP contribution is 2.24. The fraction of sp³-hybridized carbons (Fsp3) is 0.0952. The minimum atomic E-state index is -0.378. The molecule has 4 rings (SSSR count). The summed E-state index contributed by atoms with van der Waals surface area (Å²) < 4.78 is 1.54. The third-order valence-electron chi connectivity index (χ3n) is 4.24. The molecular formula is C21H17N5O2S. The van der Waals surface area contributed by atoms with E-state index in [1.54, 1.807) is 24.7 Å². The molecule has 8 heteroatoms. The van der Waals surface area contributed by atoms with E-state index in [1.807, 2.05) is 42.6 Å². The first-order valence-electron chi connectivity index (χ1n) is 8.89. The quantitative estimate of drug-likeness (QED) is 0.552. The van der Waals surface area contributed by atoms with Crippen molar-refractivity contribution in [2.24, 2.45) is 0 Å². The van der Waals surface area contributed by atoms with Gasteiger partial charge in [-0.2, -0.15) is 0 Å².